The quantitative estimate of drug-likeness (QED) is 0.641. The van der Waals surface area contributed by atoms with Gasteiger partial charge in [0.15, 0.2) is 0 Å². The standard InChI is InChI=1S/C24H38N2O3S/c1-16(2)9-14-26(22-7-8-22)24(27)21-10-12-25(13-11-21)30(28,29)23-19(5)17(3)15-18(4)20(23)6/h15-16,21-22H,7-14H2,1-6H3. The lowest BCUT2D eigenvalue weighted by Crippen LogP contribution is -2.45. The van der Waals surface area contributed by atoms with Crippen molar-refractivity contribution in [2.75, 3.05) is 19.6 Å². The molecule has 0 bridgehead atoms. The number of hydrogen-bond acceptors (Lipinski definition) is 3. The highest BCUT2D eigenvalue weighted by molar-refractivity contribution is 7.89. The third kappa shape index (κ3) is 4.75. The van der Waals surface area contributed by atoms with Gasteiger partial charge < -0.3 is 4.90 Å². The summed E-state index contributed by atoms with van der Waals surface area (Å²) in [5, 5.41) is 0. The van der Waals surface area contributed by atoms with E-state index in [9.17, 15) is 13.2 Å². The highest BCUT2D eigenvalue weighted by Gasteiger charge is 2.39. The van der Waals surface area contributed by atoms with Crippen LogP contribution in [-0.2, 0) is 14.8 Å². The molecule has 3 rings (SSSR count). The fourth-order valence-electron chi connectivity index (χ4n) is 4.53. The van der Waals surface area contributed by atoms with Crippen molar-refractivity contribution in [2.24, 2.45) is 11.8 Å². The van der Waals surface area contributed by atoms with Gasteiger partial charge in [-0.15, -0.1) is 0 Å². The molecule has 1 saturated carbocycles. The number of sulfonamides is 1. The van der Waals surface area contributed by atoms with Gasteiger partial charge in [-0.25, -0.2) is 8.42 Å². The summed E-state index contributed by atoms with van der Waals surface area (Å²) in [6.07, 6.45) is 4.49. The van der Waals surface area contributed by atoms with Gasteiger partial charge in [0.2, 0.25) is 15.9 Å². The van der Waals surface area contributed by atoms with Crippen LogP contribution in [0.25, 0.3) is 0 Å². The molecule has 0 radical (unpaired) electrons. The number of nitrogens with zero attached hydrogens (tertiary/aromatic N) is 2. The van der Waals surface area contributed by atoms with Crippen molar-refractivity contribution < 1.29 is 13.2 Å². The fourth-order valence-corrected chi connectivity index (χ4v) is 6.58. The van der Waals surface area contributed by atoms with Crippen LogP contribution in [0, 0.1) is 39.5 Å². The van der Waals surface area contributed by atoms with Crippen molar-refractivity contribution in [3.63, 3.8) is 0 Å². The van der Waals surface area contributed by atoms with Crippen LogP contribution in [0.15, 0.2) is 11.0 Å². The number of hydrogen-bond donors (Lipinski definition) is 0. The van der Waals surface area contributed by atoms with E-state index < -0.39 is 10.0 Å². The van der Waals surface area contributed by atoms with Crippen LogP contribution in [0.2, 0.25) is 0 Å². The first-order chi connectivity index (χ1) is 14.0. The lowest BCUT2D eigenvalue weighted by atomic mass is 9.96. The lowest BCUT2D eigenvalue weighted by Gasteiger charge is -2.34. The molecule has 0 atom stereocenters. The average Bonchev–Trinajstić information content (AvgIpc) is 3.51. The van der Waals surface area contributed by atoms with Gasteiger partial charge in [0.25, 0.3) is 0 Å². The number of rotatable bonds is 7. The highest BCUT2D eigenvalue weighted by Crippen LogP contribution is 2.34. The van der Waals surface area contributed by atoms with Crippen molar-refractivity contribution >= 4 is 15.9 Å². The van der Waals surface area contributed by atoms with Crippen LogP contribution in [0.5, 0.6) is 0 Å². The van der Waals surface area contributed by atoms with E-state index >= 15 is 0 Å². The number of piperidine rings is 1. The Morgan fingerprint density at radius 2 is 1.57 bits per heavy atom. The Hall–Kier alpha value is -1.40. The van der Waals surface area contributed by atoms with Crippen molar-refractivity contribution in [1.29, 1.82) is 0 Å². The van der Waals surface area contributed by atoms with Crippen molar-refractivity contribution in [3.05, 3.63) is 28.3 Å². The maximum atomic E-state index is 13.5. The molecule has 2 aliphatic rings. The molecule has 1 aliphatic heterocycles. The Bertz CT molecular complexity index is 869. The minimum Gasteiger partial charge on any atom is -0.339 e. The first-order valence-electron chi connectivity index (χ1n) is 11.4. The molecule has 168 valence electrons. The molecule has 1 amide bonds. The minimum atomic E-state index is -3.55. The Morgan fingerprint density at radius 1 is 1.03 bits per heavy atom. The van der Waals surface area contributed by atoms with Gasteiger partial charge in [-0.1, -0.05) is 19.9 Å². The van der Waals surface area contributed by atoms with Gasteiger partial charge in [-0.2, -0.15) is 4.31 Å². The lowest BCUT2D eigenvalue weighted by molar-refractivity contribution is -0.137. The smallest absolute Gasteiger partial charge is 0.243 e. The topological polar surface area (TPSA) is 57.7 Å². The third-order valence-corrected chi connectivity index (χ3v) is 9.09. The summed E-state index contributed by atoms with van der Waals surface area (Å²) in [6.45, 7) is 13.8. The second-order valence-electron chi connectivity index (χ2n) is 9.71. The maximum absolute atomic E-state index is 13.5. The van der Waals surface area contributed by atoms with E-state index in [0.717, 1.165) is 48.1 Å². The molecule has 0 unspecified atom stereocenters. The molecule has 1 aliphatic carbocycles. The number of aryl methyl sites for hydroxylation is 2. The van der Waals surface area contributed by atoms with Gasteiger partial charge >= 0.3 is 0 Å². The number of amides is 1. The van der Waals surface area contributed by atoms with Crippen LogP contribution >= 0.6 is 0 Å². The number of carbonyl (C=O) groups is 1. The van der Waals surface area contributed by atoms with Gasteiger partial charge in [0.1, 0.15) is 0 Å². The normalized spacial score (nSPS) is 18.8. The zero-order valence-corrected chi connectivity index (χ0v) is 20.3. The fraction of sp³-hybridized carbons (Fsp3) is 0.708. The van der Waals surface area contributed by atoms with Crippen molar-refractivity contribution in [2.45, 2.75) is 84.6 Å². The van der Waals surface area contributed by atoms with Crippen LogP contribution in [-0.4, -0.2) is 49.2 Å². The highest BCUT2D eigenvalue weighted by atomic mass is 32.2. The Balaban J connectivity index is 1.71. The van der Waals surface area contributed by atoms with Gasteiger partial charge in [0, 0.05) is 31.6 Å². The molecule has 1 heterocycles. The molecule has 5 nitrogen and oxygen atoms in total. The molecule has 30 heavy (non-hydrogen) atoms. The van der Waals surface area contributed by atoms with Crippen molar-refractivity contribution in [3.8, 4) is 0 Å². The van der Waals surface area contributed by atoms with E-state index in [1.165, 1.54) is 0 Å². The van der Waals surface area contributed by atoms with E-state index in [1.54, 1.807) is 4.31 Å². The Kier molecular flexibility index (Phi) is 6.97. The molecule has 0 aromatic heterocycles. The summed E-state index contributed by atoms with van der Waals surface area (Å²) in [5.41, 5.74) is 3.69. The predicted octanol–water partition coefficient (Wildman–Crippen LogP) is 4.36. The third-order valence-electron chi connectivity index (χ3n) is 6.92. The molecule has 1 saturated heterocycles. The minimum absolute atomic E-state index is 0.0503. The summed E-state index contributed by atoms with van der Waals surface area (Å²) in [6, 6.07) is 2.47. The zero-order chi connectivity index (χ0) is 22.2. The summed E-state index contributed by atoms with van der Waals surface area (Å²) in [5.74, 6) is 0.773. The zero-order valence-electron chi connectivity index (χ0n) is 19.5. The van der Waals surface area contributed by atoms with E-state index in [-0.39, 0.29) is 11.8 Å². The first-order valence-corrected chi connectivity index (χ1v) is 12.9. The molecule has 6 heteroatoms. The van der Waals surface area contributed by atoms with Crippen LogP contribution in [0.3, 0.4) is 0 Å². The average molecular weight is 435 g/mol. The number of benzene rings is 1. The molecular formula is C24H38N2O3S. The summed E-state index contributed by atoms with van der Waals surface area (Å²) < 4.78 is 28.5. The number of carbonyl (C=O) groups excluding carboxylic acids is 1. The largest absolute Gasteiger partial charge is 0.339 e. The second kappa shape index (κ2) is 8.99. The maximum Gasteiger partial charge on any atom is 0.243 e. The molecule has 0 spiro atoms. The Labute approximate surface area is 182 Å². The molecule has 2 fully saturated rings. The molecule has 0 N–H and O–H groups in total. The van der Waals surface area contributed by atoms with Crippen LogP contribution in [0.1, 0.15) is 68.2 Å². The van der Waals surface area contributed by atoms with Crippen LogP contribution in [0.4, 0.5) is 0 Å². The van der Waals surface area contributed by atoms with Crippen LogP contribution < -0.4 is 0 Å². The molecule has 1 aromatic carbocycles. The Morgan fingerprint density at radius 3 is 2.03 bits per heavy atom. The SMILES string of the molecule is Cc1cc(C)c(C)c(S(=O)(=O)N2CCC(C(=O)N(CCC(C)C)C3CC3)CC2)c1C. The van der Waals surface area contributed by atoms with E-state index in [4.69, 9.17) is 0 Å². The molecule has 1 aromatic rings. The predicted molar refractivity (Wildman–Crippen MR) is 121 cm³/mol. The first kappa shape index (κ1) is 23.3. The van der Waals surface area contributed by atoms with E-state index in [0.29, 0.717) is 42.8 Å². The monoisotopic (exact) mass is 434 g/mol. The van der Waals surface area contributed by atoms with Gasteiger partial charge in [-0.3, -0.25) is 4.79 Å². The molecular weight excluding hydrogens is 396 g/mol. The van der Waals surface area contributed by atoms with Gasteiger partial charge in [0.05, 0.1) is 4.90 Å². The van der Waals surface area contributed by atoms with E-state index in [1.807, 2.05) is 27.7 Å². The summed E-state index contributed by atoms with van der Waals surface area (Å²) >= 11 is 0. The van der Waals surface area contributed by atoms with Gasteiger partial charge in [-0.05, 0) is 88.0 Å². The second-order valence-corrected chi connectivity index (χ2v) is 11.6. The van der Waals surface area contributed by atoms with E-state index in [2.05, 4.69) is 24.8 Å². The van der Waals surface area contributed by atoms with Crippen molar-refractivity contribution in [1.82, 2.24) is 9.21 Å². The summed E-state index contributed by atoms with van der Waals surface area (Å²) in [4.78, 5) is 15.7. The summed E-state index contributed by atoms with van der Waals surface area (Å²) in [7, 11) is -3.55.